The molecule has 4 nitrogen and oxygen atoms in total. The van der Waals surface area contributed by atoms with Gasteiger partial charge in [0.2, 0.25) is 0 Å². The Balaban J connectivity index is 1.92. The van der Waals surface area contributed by atoms with E-state index in [1.807, 2.05) is 6.92 Å². The first-order chi connectivity index (χ1) is 9.59. The zero-order valence-corrected chi connectivity index (χ0v) is 11.5. The summed E-state index contributed by atoms with van der Waals surface area (Å²) in [5.41, 5.74) is 0.372. The monoisotopic (exact) mass is 272 g/mol. The number of rotatable bonds is 1. The Kier molecular flexibility index (Phi) is 2.24. The predicted octanol–water partition coefficient (Wildman–Crippen LogP) is 2.26. The van der Waals surface area contributed by atoms with Crippen molar-refractivity contribution >= 4 is 11.6 Å². The molecule has 3 aliphatic rings. The number of ketones is 2. The lowest BCUT2D eigenvalue weighted by atomic mass is 9.49. The summed E-state index contributed by atoms with van der Waals surface area (Å²) in [5, 5.41) is 0. The summed E-state index contributed by atoms with van der Waals surface area (Å²) in [7, 11) is 1.53. The summed E-state index contributed by atoms with van der Waals surface area (Å²) in [5.74, 6) is 0.391. The van der Waals surface area contributed by atoms with Crippen LogP contribution in [0.4, 0.5) is 0 Å². The van der Waals surface area contributed by atoms with Crippen molar-refractivity contribution in [2.24, 2.45) is 11.3 Å². The molecule has 0 amide bonds. The maximum Gasteiger partial charge on any atom is 0.173 e. The summed E-state index contributed by atoms with van der Waals surface area (Å²) in [6.07, 6.45) is 1.28. The molecule has 4 heteroatoms. The highest BCUT2D eigenvalue weighted by Gasteiger charge is 2.69. The standard InChI is InChI=1S/C16H16O4/c1-8-7-16-10(6-12(16)20-8)14(17)13-9(15(16)18)4-3-5-11(13)19-2/h3-5,8,10,12H,6-7H2,1-2H3/t8-,10-,12-,16-/m1/s1. The van der Waals surface area contributed by atoms with E-state index in [-0.39, 0.29) is 29.7 Å². The Bertz CT molecular complexity index is 635. The molecule has 4 rings (SSSR count). The van der Waals surface area contributed by atoms with E-state index in [2.05, 4.69) is 0 Å². The van der Waals surface area contributed by atoms with Crippen LogP contribution in [0, 0.1) is 11.3 Å². The third kappa shape index (κ3) is 1.17. The van der Waals surface area contributed by atoms with Crippen LogP contribution in [0.3, 0.4) is 0 Å². The number of hydrogen-bond donors (Lipinski definition) is 0. The normalized spacial score (nSPS) is 37.8. The lowest BCUT2D eigenvalue weighted by molar-refractivity contribution is -0.0654. The second kappa shape index (κ2) is 3.70. The van der Waals surface area contributed by atoms with Crippen LogP contribution in [0.25, 0.3) is 0 Å². The number of benzene rings is 1. The quantitative estimate of drug-likeness (QED) is 0.787. The molecular weight excluding hydrogens is 256 g/mol. The van der Waals surface area contributed by atoms with E-state index < -0.39 is 5.41 Å². The molecule has 1 heterocycles. The fraction of sp³-hybridized carbons (Fsp3) is 0.500. The maximum atomic E-state index is 13.0. The topological polar surface area (TPSA) is 52.6 Å². The van der Waals surface area contributed by atoms with Crippen LogP contribution in [0.2, 0.25) is 0 Å². The van der Waals surface area contributed by atoms with Crippen molar-refractivity contribution in [2.75, 3.05) is 7.11 Å². The molecule has 0 aromatic heterocycles. The number of hydrogen-bond acceptors (Lipinski definition) is 4. The highest BCUT2D eigenvalue weighted by molar-refractivity contribution is 6.20. The first kappa shape index (κ1) is 12.1. The molecular formula is C16H16O4. The van der Waals surface area contributed by atoms with E-state index in [4.69, 9.17) is 9.47 Å². The van der Waals surface area contributed by atoms with Gasteiger partial charge < -0.3 is 9.47 Å². The number of Topliss-reactive ketones (excluding diaryl/α,β-unsaturated/α-hetero) is 2. The predicted molar refractivity (Wildman–Crippen MR) is 71.1 cm³/mol. The van der Waals surface area contributed by atoms with Crippen molar-refractivity contribution in [3.63, 3.8) is 0 Å². The fourth-order valence-corrected chi connectivity index (χ4v) is 4.26. The van der Waals surface area contributed by atoms with E-state index in [0.717, 1.165) is 0 Å². The van der Waals surface area contributed by atoms with Gasteiger partial charge in [0.25, 0.3) is 0 Å². The van der Waals surface area contributed by atoms with Crippen molar-refractivity contribution in [3.8, 4) is 5.75 Å². The fourth-order valence-electron chi connectivity index (χ4n) is 4.26. The number of carbonyl (C=O) groups excluding carboxylic acids is 2. The molecule has 1 aromatic rings. The molecule has 0 radical (unpaired) electrons. The van der Waals surface area contributed by atoms with Crippen LogP contribution in [0.15, 0.2) is 18.2 Å². The molecule has 1 aliphatic heterocycles. The molecule has 1 saturated heterocycles. The minimum absolute atomic E-state index is 0.0472. The SMILES string of the molecule is COc1cccc2c1C(=O)[C@H]1C[C@H]3O[C@H](C)C[C@@]13C2=O. The zero-order valence-electron chi connectivity index (χ0n) is 11.5. The van der Waals surface area contributed by atoms with Gasteiger partial charge in [-0.3, -0.25) is 9.59 Å². The van der Waals surface area contributed by atoms with Gasteiger partial charge in [-0.1, -0.05) is 12.1 Å². The molecule has 0 N–H and O–H groups in total. The molecule has 2 fully saturated rings. The van der Waals surface area contributed by atoms with Gasteiger partial charge in [0, 0.05) is 11.5 Å². The average Bonchev–Trinajstić information content (AvgIpc) is 2.68. The molecule has 20 heavy (non-hydrogen) atoms. The Morgan fingerprint density at radius 1 is 1.35 bits per heavy atom. The first-order valence-corrected chi connectivity index (χ1v) is 7.01. The molecule has 1 spiro atoms. The average molecular weight is 272 g/mol. The second-order valence-corrected chi connectivity index (χ2v) is 6.04. The maximum absolute atomic E-state index is 13.0. The van der Waals surface area contributed by atoms with Gasteiger partial charge in [0.15, 0.2) is 11.6 Å². The molecule has 0 bridgehead atoms. The van der Waals surface area contributed by atoms with Gasteiger partial charge in [-0.05, 0) is 25.8 Å². The Labute approximate surface area is 117 Å². The molecule has 0 unspecified atom stereocenters. The van der Waals surface area contributed by atoms with E-state index in [9.17, 15) is 9.59 Å². The van der Waals surface area contributed by atoms with E-state index >= 15 is 0 Å². The second-order valence-electron chi connectivity index (χ2n) is 6.04. The Morgan fingerprint density at radius 3 is 2.85 bits per heavy atom. The summed E-state index contributed by atoms with van der Waals surface area (Å²) in [6, 6.07) is 5.25. The van der Waals surface area contributed by atoms with E-state index in [1.165, 1.54) is 7.11 Å². The summed E-state index contributed by atoms with van der Waals surface area (Å²) in [4.78, 5) is 25.7. The number of methoxy groups -OCH3 is 1. The Hall–Kier alpha value is -1.68. The first-order valence-electron chi connectivity index (χ1n) is 7.01. The third-order valence-electron chi connectivity index (χ3n) is 5.14. The van der Waals surface area contributed by atoms with Gasteiger partial charge in [-0.2, -0.15) is 0 Å². The van der Waals surface area contributed by atoms with Crippen molar-refractivity contribution in [1.29, 1.82) is 0 Å². The molecule has 104 valence electrons. The van der Waals surface area contributed by atoms with Gasteiger partial charge in [0.05, 0.1) is 30.3 Å². The van der Waals surface area contributed by atoms with Crippen molar-refractivity contribution in [1.82, 2.24) is 0 Å². The van der Waals surface area contributed by atoms with Crippen molar-refractivity contribution in [3.05, 3.63) is 29.3 Å². The van der Waals surface area contributed by atoms with Crippen molar-refractivity contribution < 1.29 is 19.1 Å². The summed E-state index contributed by atoms with van der Waals surface area (Å²) < 4.78 is 11.1. The lowest BCUT2D eigenvalue weighted by Crippen LogP contribution is -2.61. The van der Waals surface area contributed by atoms with Gasteiger partial charge >= 0.3 is 0 Å². The minimum atomic E-state index is -0.601. The highest BCUT2D eigenvalue weighted by Crippen LogP contribution is 2.62. The van der Waals surface area contributed by atoms with Crippen LogP contribution >= 0.6 is 0 Å². The van der Waals surface area contributed by atoms with Gasteiger partial charge in [-0.15, -0.1) is 0 Å². The largest absolute Gasteiger partial charge is 0.496 e. The van der Waals surface area contributed by atoms with Crippen LogP contribution in [-0.2, 0) is 4.74 Å². The van der Waals surface area contributed by atoms with Gasteiger partial charge in [0.1, 0.15) is 5.75 Å². The molecule has 1 saturated carbocycles. The number of carbonyl (C=O) groups is 2. The molecule has 1 aromatic carbocycles. The van der Waals surface area contributed by atoms with Crippen molar-refractivity contribution in [2.45, 2.75) is 32.0 Å². The summed E-state index contributed by atoms with van der Waals surface area (Å²) in [6.45, 7) is 1.98. The summed E-state index contributed by atoms with van der Waals surface area (Å²) >= 11 is 0. The van der Waals surface area contributed by atoms with Crippen LogP contribution in [0.5, 0.6) is 5.75 Å². The third-order valence-corrected chi connectivity index (χ3v) is 5.14. The van der Waals surface area contributed by atoms with Crippen LogP contribution in [0.1, 0.15) is 40.5 Å². The van der Waals surface area contributed by atoms with Gasteiger partial charge in [-0.25, -0.2) is 0 Å². The highest BCUT2D eigenvalue weighted by atomic mass is 16.5. The smallest absolute Gasteiger partial charge is 0.173 e. The zero-order chi connectivity index (χ0) is 14.1. The number of ether oxygens (including phenoxy) is 2. The molecule has 2 aliphatic carbocycles. The van der Waals surface area contributed by atoms with E-state index in [0.29, 0.717) is 29.7 Å². The van der Waals surface area contributed by atoms with Crippen LogP contribution < -0.4 is 4.74 Å². The number of fused-ring (bicyclic) bond motifs is 1. The van der Waals surface area contributed by atoms with E-state index in [1.54, 1.807) is 18.2 Å². The molecule has 4 atom stereocenters. The van der Waals surface area contributed by atoms with Crippen LogP contribution in [-0.4, -0.2) is 30.9 Å². The minimum Gasteiger partial charge on any atom is -0.496 e. The Morgan fingerprint density at radius 2 is 2.15 bits per heavy atom. The lowest BCUT2D eigenvalue weighted by Gasteiger charge is -2.51.